The molecule has 0 bridgehead atoms. The highest BCUT2D eigenvalue weighted by molar-refractivity contribution is 5.83. The lowest BCUT2D eigenvalue weighted by atomic mass is 9.74. The molecule has 1 saturated carbocycles. The van der Waals surface area contributed by atoms with Crippen LogP contribution in [0, 0.1) is 11.8 Å². The van der Waals surface area contributed by atoms with E-state index < -0.39 is 0 Å². The van der Waals surface area contributed by atoms with E-state index in [1.165, 1.54) is 0 Å². The van der Waals surface area contributed by atoms with Crippen LogP contribution in [-0.2, 0) is 19.1 Å². The number of esters is 2. The summed E-state index contributed by atoms with van der Waals surface area (Å²) in [6.45, 7) is 4.25. The highest BCUT2D eigenvalue weighted by Crippen LogP contribution is 2.36. The number of hydrogen-bond acceptors (Lipinski definition) is 4. The molecule has 1 aliphatic carbocycles. The molecule has 0 saturated heterocycles. The fraction of sp³-hybridized carbons (Fsp3) is 0.800. The van der Waals surface area contributed by atoms with E-state index in [0.717, 1.165) is 12.8 Å². The summed E-state index contributed by atoms with van der Waals surface area (Å²) < 4.78 is 9.72. The minimum Gasteiger partial charge on any atom is -0.466 e. The Labute approximate surface area is 83.6 Å². The molecule has 0 aromatic rings. The number of carbonyl (C=O) groups excluding carboxylic acids is 2. The lowest BCUT2D eigenvalue weighted by Crippen LogP contribution is -2.40. The van der Waals surface area contributed by atoms with Gasteiger partial charge in [-0.1, -0.05) is 0 Å². The molecule has 4 nitrogen and oxygen atoms in total. The molecule has 0 radical (unpaired) electrons. The molecule has 0 amide bonds. The van der Waals surface area contributed by atoms with E-state index >= 15 is 0 Å². The van der Waals surface area contributed by atoms with Crippen LogP contribution in [0.3, 0.4) is 0 Å². The molecule has 0 aliphatic heterocycles. The second-order valence-electron chi connectivity index (χ2n) is 3.29. The quantitative estimate of drug-likeness (QED) is 0.638. The van der Waals surface area contributed by atoms with E-state index in [1.54, 1.807) is 13.8 Å². The van der Waals surface area contributed by atoms with E-state index in [-0.39, 0.29) is 23.8 Å². The zero-order chi connectivity index (χ0) is 10.6. The Morgan fingerprint density at radius 1 is 1.00 bits per heavy atom. The second-order valence-corrected chi connectivity index (χ2v) is 3.29. The van der Waals surface area contributed by atoms with Gasteiger partial charge < -0.3 is 9.47 Å². The van der Waals surface area contributed by atoms with Crippen molar-refractivity contribution in [3.05, 3.63) is 0 Å². The van der Waals surface area contributed by atoms with Gasteiger partial charge in [0.05, 0.1) is 25.0 Å². The standard InChI is InChI=1S/C10H16O4/c1-3-13-9(11)7-5-6-8(7)10(12)14-4-2/h7-8H,3-6H2,1-2H3. The maximum absolute atomic E-state index is 11.3. The Bertz CT molecular complexity index is 200. The average molecular weight is 200 g/mol. The summed E-state index contributed by atoms with van der Waals surface area (Å²) >= 11 is 0. The van der Waals surface area contributed by atoms with Crippen molar-refractivity contribution in [2.45, 2.75) is 26.7 Å². The van der Waals surface area contributed by atoms with Gasteiger partial charge in [0, 0.05) is 0 Å². The minimum absolute atomic E-state index is 0.267. The van der Waals surface area contributed by atoms with Crippen LogP contribution >= 0.6 is 0 Å². The van der Waals surface area contributed by atoms with Crippen molar-refractivity contribution in [2.75, 3.05) is 13.2 Å². The van der Waals surface area contributed by atoms with Crippen molar-refractivity contribution in [3.8, 4) is 0 Å². The van der Waals surface area contributed by atoms with Crippen LogP contribution in [-0.4, -0.2) is 25.2 Å². The molecular formula is C10H16O4. The fourth-order valence-corrected chi connectivity index (χ4v) is 1.56. The third kappa shape index (κ3) is 2.25. The molecule has 0 heterocycles. The summed E-state index contributed by atoms with van der Waals surface area (Å²) in [7, 11) is 0. The molecule has 14 heavy (non-hydrogen) atoms. The van der Waals surface area contributed by atoms with Crippen molar-refractivity contribution in [3.63, 3.8) is 0 Å². The zero-order valence-electron chi connectivity index (χ0n) is 8.62. The topological polar surface area (TPSA) is 52.6 Å². The largest absolute Gasteiger partial charge is 0.466 e. The molecule has 0 N–H and O–H groups in total. The highest BCUT2D eigenvalue weighted by atomic mass is 16.5. The molecular weight excluding hydrogens is 184 g/mol. The number of rotatable bonds is 4. The lowest BCUT2D eigenvalue weighted by Gasteiger charge is -2.32. The first-order chi connectivity index (χ1) is 6.70. The first-order valence-corrected chi connectivity index (χ1v) is 5.04. The van der Waals surface area contributed by atoms with Gasteiger partial charge in [0.1, 0.15) is 0 Å². The van der Waals surface area contributed by atoms with E-state index in [0.29, 0.717) is 13.2 Å². The highest BCUT2D eigenvalue weighted by Gasteiger charge is 2.43. The number of hydrogen-bond donors (Lipinski definition) is 0. The van der Waals surface area contributed by atoms with Gasteiger partial charge in [-0.15, -0.1) is 0 Å². The number of ether oxygens (including phenoxy) is 2. The van der Waals surface area contributed by atoms with Crippen LogP contribution in [0.5, 0.6) is 0 Å². The Morgan fingerprint density at radius 3 is 1.57 bits per heavy atom. The average Bonchev–Trinajstić information content (AvgIpc) is 2.02. The van der Waals surface area contributed by atoms with Crippen LogP contribution in [0.1, 0.15) is 26.7 Å². The van der Waals surface area contributed by atoms with E-state index in [9.17, 15) is 9.59 Å². The summed E-state index contributed by atoms with van der Waals surface area (Å²) in [5.41, 5.74) is 0. The Balaban J connectivity index is 2.41. The van der Waals surface area contributed by atoms with Gasteiger partial charge in [0.15, 0.2) is 0 Å². The van der Waals surface area contributed by atoms with Crippen molar-refractivity contribution in [2.24, 2.45) is 11.8 Å². The van der Waals surface area contributed by atoms with Crippen LogP contribution in [0.4, 0.5) is 0 Å². The van der Waals surface area contributed by atoms with Crippen LogP contribution < -0.4 is 0 Å². The molecule has 2 unspecified atom stereocenters. The van der Waals surface area contributed by atoms with Crippen molar-refractivity contribution < 1.29 is 19.1 Å². The molecule has 0 aromatic carbocycles. The maximum atomic E-state index is 11.3. The SMILES string of the molecule is CCOC(=O)C1CCC1C(=O)OCC. The summed E-state index contributed by atoms with van der Waals surface area (Å²) in [5, 5.41) is 0. The van der Waals surface area contributed by atoms with Gasteiger partial charge in [-0.05, 0) is 26.7 Å². The summed E-state index contributed by atoms with van der Waals surface area (Å²) in [5.74, 6) is -1.07. The number of carbonyl (C=O) groups is 2. The van der Waals surface area contributed by atoms with E-state index in [4.69, 9.17) is 9.47 Å². The van der Waals surface area contributed by atoms with E-state index in [2.05, 4.69) is 0 Å². The van der Waals surface area contributed by atoms with Gasteiger partial charge >= 0.3 is 11.9 Å². The summed E-state index contributed by atoms with van der Waals surface area (Å²) in [6.07, 6.45) is 1.48. The molecule has 0 spiro atoms. The van der Waals surface area contributed by atoms with E-state index in [1.807, 2.05) is 0 Å². The second kappa shape index (κ2) is 4.98. The molecule has 0 aromatic heterocycles. The molecule has 4 heteroatoms. The predicted molar refractivity (Wildman–Crippen MR) is 49.5 cm³/mol. The molecule has 1 aliphatic rings. The van der Waals surface area contributed by atoms with Crippen LogP contribution in [0.25, 0.3) is 0 Å². The van der Waals surface area contributed by atoms with Gasteiger partial charge in [0.2, 0.25) is 0 Å². The third-order valence-corrected chi connectivity index (χ3v) is 2.45. The summed E-state index contributed by atoms with van der Waals surface area (Å²) in [6, 6.07) is 0. The summed E-state index contributed by atoms with van der Waals surface area (Å²) in [4.78, 5) is 22.6. The first kappa shape index (κ1) is 11.0. The smallest absolute Gasteiger partial charge is 0.309 e. The Morgan fingerprint density at radius 2 is 1.36 bits per heavy atom. The first-order valence-electron chi connectivity index (χ1n) is 5.04. The minimum atomic E-state index is -0.269. The normalized spacial score (nSPS) is 25.0. The fourth-order valence-electron chi connectivity index (χ4n) is 1.56. The van der Waals surface area contributed by atoms with Crippen LogP contribution in [0.15, 0.2) is 0 Å². The van der Waals surface area contributed by atoms with Gasteiger partial charge in [-0.2, -0.15) is 0 Å². The molecule has 1 rings (SSSR count). The maximum Gasteiger partial charge on any atom is 0.309 e. The predicted octanol–water partition coefficient (Wildman–Crippen LogP) is 1.14. The molecule has 80 valence electrons. The van der Waals surface area contributed by atoms with Gasteiger partial charge in [-0.3, -0.25) is 9.59 Å². The Hall–Kier alpha value is -1.06. The van der Waals surface area contributed by atoms with Crippen molar-refractivity contribution >= 4 is 11.9 Å². The van der Waals surface area contributed by atoms with Crippen molar-refractivity contribution in [1.29, 1.82) is 0 Å². The Kier molecular flexibility index (Phi) is 3.92. The van der Waals surface area contributed by atoms with Crippen LogP contribution in [0.2, 0.25) is 0 Å². The van der Waals surface area contributed by atoms with Gasteiger partial charge in [0.25, 0.3) is 0 Å². The zero-order valence-corrected chi connectivity index (χ0v) is 8.62. The van der Waals surface area contributed by atoms with Crippen molar-refractivity contribution in [1.82, 2.24) is 0 Å². The monoisotopic (exact) mass is 200 g/mol. The molecule has 1 fully saturated rings. The van der Waals surface area contributed by atoms with Gasteiger partial charge in [-0.25, -0.2) is 0 Å². The third-order valence-electron chi connectivity index (χ3n) is 2.45. The lowest BCUT2D eigenvalue weighted by molar-refractivity contribution is -0.166. The molecule has 2 atom stereocenters.